The van der Waals surface area contributed by atoms with Crippen LogP contribution in [0.3, 0.4) is 0 Å². The summed E-state index contributed by atoms with van der Waals surface area (Å²) in [5.41, 5.74) is 2.11. The van der Waals surface area contributed by atoms with Gasteiger partial charge in [0.2, 0.25) is 5.91 Å². The summed E-state index contributed by atoms with van der Waals surface area (Å²) in [5.74, 6) is 0.518. The fourth-order valence-electron chi connectivity index (χ4n) is 5.58. The molecular formula is C28H32N4O4. The van der Waals surface area contributed by atoms with Crippen LogP contribution in [0.5, 0.6) is 5.75 Å². The average molecular weight is 489 g/mol. The van der Waals surface area contributed by atoms with Crippen molar-refractivity contribution in [2.24, 2.45) is 7.05 Å². The molecule has 5 rings (SSSR count). The third kappa shape index (κ3) is 3.81. The Morgan fingerprint density at radius 2 is 1.89 bits per heavy atom. The third-order valence-corrected chi connectivity index (χ3v) is 7.45. The highest BCUT2D eigenvalue weighted by Crippen LogP contribution is 2.29. The summed E-state index contributed by atoms with van der Waals surface area (Å²) in [5, 5.41) is 0.705. The molecule has 0 bridgehead atoms. The van der Waals surface area contributed by atoms with Gasteiger partial charge in [-0.05, 0) is 68.5 Å². The summed E-state index contributed by atoms with van der Waals surface area (Å²) >= 11 is 0. The molecule has 8 nitrogen and oxygen atoms in total. The Kier molecular flexibility index (Phi) is 6.20. The molecule has 2 aromatic heterocycles. The minimum atomic E-state index is -0.521. The van der Waals surface area contributed by atoms with Crippen molar-refractivity contribution < 1.29 is 9.53 Å². The van der Waals surface area contributed by atoms with Crippen LogP contribution in [-0.4, -0.2) is 44.2 Å². The number of likely N-dealkylation sites (tertiary alicyclic amines) is 1. The second-order valence-corrected chi connectivity index (χ2v) is 9.63. The van der Waals surface area contributed by atoms with E-state index in [1.807, 2.05) is 55.3 Å². The minimum Gasteiger partial charge on any atom is -0.497 e. The zero-order valence-electron chi connectivity index (χ0n) is 21.3. The number of benzene rings is 2. The van der Waals surface area contributed by atoms with E-state index in [0.29, 0.717) is 34.4 Å². The first-order valence-corrected chi connectivity index (χ1v) is 12.5. The van der Waals surface area contributed by atoms with Gasteiger partial charge in [-0.25, -0.2) is 9.36 Å². The predicted octanol–water partition coefficient (Wildman–Crippen LogP) is 3.75. The molecule has 188 valence electrons. The van der Waals surface area contributed by atoms with Crippen LogP contribution in [0.4, 0.5) is 0 Å². The number of hydrogen-bond acceptors (Lipinski definition) is 4. The number of aromatic nitrogens is 3. The molecule has 1 aliphatic rings. The van der Waals surface area contributed by atoms with Crippen molar-refractivity contribution >= 4 is 27.8 Å². The van der Waals surface area contributed by atoms with Gasteiger partial charge in [-0.1, -0.05) is 19.1 Å². The van der Waals surface area contributed by atoms with Crippen LogP contribution in [0.25, 0.3) is 27.6 Å². The van der Waals surface area contributed by atoms with E-state index in [0.717, 1.165) is 36.8 Å². The summed E-state index contributed by atoms with van der Waals surface area (Å²) in [6.07, 6.45) is 3.92. The summed E-state index contributed by atoms with van der Waals surface area (Å²) in [6.45, 7) is 4.57. The van der Waals surface area contributed by atoms with Gasteiger partial charge >= 0.3 is 5.69 Å². The number of piperidine rings is 1. The summed E-state index contributed by atoms with van der Waals surface area (Å²) in [7, 11) is 3.39. The molecule has 1 saturated heterocycles. The number of aryl methyl sites for hydroxylation is 2. The van der Waals surface area contributed by atoms with E-state index in [-0.39, 0.29) is 18.5 Å². The van der Waals surface area contributed by atoms with Gasteiger partial charge in [-0.3, -0.25) is 14.2 Å². The van der Waals surface area contributed by atoms with Gasteiger partial charge in [0.15, 0.2) is 0 Å². The molecule has 0 unspecified atom stereocenters. The molecule has 36 heavy (non-hydrogen) atoms. The maximum Gasteiger partial charge on any atom is 0.336 e. The van der Waals surface area contributed by atoms with Gasteiger partial charge in [0.25, 0.3) is 5.56 Å². The van der Waals surface area contributed by atoms with Gasteiger partial charge in [0, 0.05) is 25.0 Å². The van der Waals surface area contributed by atoms with Crippen LogP contribution in [0.2, 0.25) is 0 Å². The molecule has 0 spiro atoms. The molecule has 3 heterocycles. The molecule has 0 saturated carbocycles. The number of fused-ring (bicyclic) bond motifs is 3. The summed E-state index contributed by atoms with van der Waals surface area (Å²) in [6, 6.07) is 13.0. The van der Waals surface area contributed by atoms with Gasteiger partial charge < -0.3 is 14.2 Å². The van der Waals surface area contributed by atoms with Gasteiger partial charge in [-0.15, -0.1) is 0 Å². The Hall–Kier alpha value is -3.81. The molecule has 0 aliphatic carbocycles. The van der Waals surface area contributed by atoms with E-state index in [4.69, 9.17) is 4.74 Å². The lowest BCUT2D eigenvalue weighted by atomic mass is 10.00. The number of ether oxygens (including phenoxy) is 1. The number of carbonyl (C=O) groups excluding carboxylic acids is 1. The van der Waals surface area contributed by atoms with Crippen molar-refractivity contribution in [1.82, 2.24) is 18.6 Å². The highest BCUT2D eigenvalue weighted by atomic mass is 16.5. The van der Waals surface area contributed by atoms with Crippen molar-refractivity contribution in [1.29, 1.82) is 0 Å². The first kappa shape index (κ1) is 23.9. The number of amides is 1. The number of nitrogens with zero attached hydrogens (tertiary/aromatic N) is 4. The monoisotopic (exact) mass is 488 g/mol. The van der Waals surface area contributed by atoms with E-state index in [9.17, 15) is 14.4 Å². The van der Waals surface area contributed by atoms with Crippen LogP contribution in [-0.2, 0) is 18.4 Å². The molecule has 1 amide bonds. The fourth-order valence-corrected chi connectivity index (χ4v) is 5.58. The quantitative estimate of drug-likeness (QED) is 0.429. The molecule has 0 radical (unpaired) electrons. The highest BCUT2D eigenvalue weighted by molar-refractivity contribution is 6.06. The van der Waals surface area contributed by atoms with Crippen LogP contribution in [0.1, 0.15) is 38.2 Å². The number of methoxy groups -OCH3 is 1. The molecule has 0 N–H and O–H groups in total. The van der Waals surface area contributed by atoms with Crippen LogP contribution >= 0.6 is 0 Å². The lowest BCUT2D eigenvalue weighted by molar-refractivity contribution is -0.135. The topological polar surface area (TPSA) is 78.5 Å². The molecule has 4 aromatic rings. The van der Waals surface area contributed by atoms with Crippen molar-refractivity contribution in [2.45, 2.75) is 52.1 Å². The third-order valence-electron chi connectivity index (χ3n) is 7.45. The molecule has 1 atom stereocenters. The predicted molar refractivity (Wildman–Crippen MR) is 141 cm³/mol. The molecule has 2 aromatic carbocycles. The molecule has 1 fully saturated rings. The molecular weight excluding hydrogens is 456 g/mol. The Bertz CT molecular complexity index is 1590. The molecule has 1 aliphatic heterocycles. The average Bonchev–Trinajstić information content (AvgIpc) is 3.18. The lowest BCUT2D eigenvalue weighted by Crippen LogP contribution is -2.47. The first-order chi connectivity index (χ1) is 17.3. The Balaban J connectivity index is 1.81. The summed E-state index contributed by atoms with van der Waals surface area (Å²) in [4.78, 5) is 43.4. The zero-order chi connectivity index (χ0) is 25.6. The van der Waals surface area contributed by atoms with E-state index in [2.05, 4.69) is 6.92 Å². The Morgan fingerprint density at radius 3 is 2.61 bits per heavy atom. The number of carbonyl (C=O) groups is 1. The second-order valence-electron chi connectivity index (χ2n) is 9.63. The van der Waals surface area contributed by atoms with Crippen molar-refractivity contribution in [3.63, 3.8) is 0 Å². The van der Waals surface area contributed by atoms with Crippen LogP contribution < -0.4 is 16.0 Å². The maximum absolute atomic E-state index is 14.0. The first-order valence-electron chi connectivity index (χ1n) is 12.5. The van der Waals surface area contributed by atoms with E-state index >= 15 is 0 Å². The van der Waals surface area contributed by atoms with Crippen molar-refractivity contribution in [3.05, 3.63) is 68.9 Å². The van der Waals surface area contributed by atoms with Crippen molar-refractivity contribution in [2.75, 3.05) is 13.7 Å². The summed E-state index contributed by atoms with van der Waals surface area (Å²) < 4.78 is 9.90. The van der Waals surface area contributed by atoms with Gasteiger partial charge in [0.1, 0.15) is 17.8 Å². The SMILES string of the molecule is CC[C@@H]1CCCCN1C(=O)Cn1c(=O)n(-c2cccc(C)c2)c(=O)c2c1c1cc(OC)ccc1n2C. The fraction of sp³-hybridized carbons (Fsp3) is 0.393. The van der Waals surface area contributed by atoms with E-state index in [1.54, 1.807) is 17.7 Å². The lowest BCUT2D eigenvalue weighted by Gasteiger charge is -2.35. The van der Waals surface area contributed by atoms with Crippen LogP contribution in [0, 0.1) is 6.92 Å². The van der Waals surface area contributed by atoms with Gasteiger partial charge in [0.05, 0.1) is 23.8 Å². The zero-order valence-corrected chi connectivity index (χ0v) is 21.3. The van der Waals surface area contributed by atoms with E-state index < -0.39 is 11.2 Å². The van der Waals surface area contributed by atoms with Gasteiger partial charge in [-0.2, -0.15) is 0 Å². The molecule has 8 heteroatoms. The normalized spacial score (nSPS) is 16.1. The Labute approximate surface area is 209 Å². The largest absolute Gasteiger partial charge is 0.497 e. The minimum absolute atomic E-state index is 0.0979. The highest BCUT2D eigenvalue weighted by Gasteiger charge is 2.28. The smallest absolute Gasteiger partial charge is 0.336 e. The number of hydrogen-bond donors (Lipinski definition) is 0. The standard InChI is InChI=1S/C28H32N4O4/c1-5-19-10-6-7-14-30(19)24(33)17-31-25-22-16-21(36-4)12-13-23(22)29(3)26(25)27(34)32(28(31)35)20-11-8-9-18(2)15-20/h8-9,11-13,15-16,19H,5-7,10,14,17H2,1-4H3/t19-/m1/s1. The number of rotatable bonds is 5. The van der Waals surface area contributed by atoms with Crippen molar-refractivity contribution in [3.8, 4) is 11.4 Å². The van der Waals surface area contributed by atoms with E-state index in [1.165, 1.54) is 9.13 Å². The van der Waals surface area contributed by atoms with Crippen LogP contribution in [0.15, 0.2) is 52.1 Å². The Morgan fingerprint density at radius 1 is 1.08 bits per heavy atom. The second kappa shape index (κ2) is 9.33. The maximum atomic E-state index is 14.0.